The maximum Gasteiger partial charge on any atom is 0.283 e. The fraction of sp³-hybridized carbons (Fsp3) is 0.304. The van der Waals surface area contributed by atoms with Crippen LogP contribution >= 0.6 is 0 Å². The summed E-state index contributed by atoms with van der Waals surface area (Å²) in [6.07, 6.45) is 2.31. The minimum Gasteiger partial charge on any atom is -0.485 e. The number of carbonyl (C=O) groups is 2. The Labute approximate surface area is 173 Å². The fourth-order valence-electron chi connectivity index (χ4n) is 4.22. The summed E-state index contributed by atoms with van der Waals surface area (Å²) in [6, 6.07) is 12.8. The molecule has 5 rings (SSSR count). The monoisotopic (exact) mass is 405 g/mol. The van der Waals surface area contributed by atoms with Crippen LogP contribution in [0.3, 0.4) is 0 Å². The molecule has 2 unspecified atom stereocenters. The van der Waals surface area contributed by atoms with Gasteiger partial charge < -0.3 is 14.5 Å². The zero-order valence-electron chi connectivity index (χ0n) is 16.7. The highest BCUT2D eigenvalue weighted by Crippen LogP contribution is 2.33. The SMILES string of the molecule is CC1CCc2[nH]c3c(C(=O)NNC(=O)C4COc5ccccc5O4)cccc3c2C1. The third-order valence-electron chi connectivity index (χ3n) is 5.81. The molecule has 0 radical (unpaired) electrons. The lowest BCUT2D eigenvalue weighted by molar-refractivity contribution is -0.131. The Kier molecular flexibility index (Phi) is 4.58. The number of benzene rings is 2. The Morgan fingerprint density at radius 3 is 2.77 bits per heavy atom. The number of para-hydroxylation sites is 3. The summed E-state index contributed by atoms with van der Waals surface area (Å²) in [6.45, 7) is 2.33. The molecule has 2 amide bonds. The first-order valence-corrected chi connectivity index (χ1v) is 10.2. The molecule has 30 heavy (non-hydrogen) atoms. The summed E-state index contributed by atoms with van der Waals surface area (Å²) in [7, 11) is 0. The van der Waals surface area contributed by atoms with Gasteiger partial charge in [-0.05, 0) is 48.9 Å². The van der Waals surface area contributed by atoms with E-state index < -0.39 is 12.0 Å². The second-order valence-corrected chi connectivity index (χ2v) is 7.97. The summed E-state index contributed by atoms with van der Waals surface area (Å²) in [4.78, 5) is 28.7. The molecule has 1 aliphatic heterocycles. The van der Waals surface area contributed by atoms with Gasteiger partial charge in [-0.15, -0.1) is 0 Å². The summed E-state index contributed by atoms with van der Waals surface area (Å²) >= 11 is 0. The van der Waals surface area contributed by atoms with Gasteiger partial charge in [0, 0.05) is 11.1 Å². The van der Waals surface area contributed by atoms with Gasteiger partial charge in [0.05, 0.1) is 11.1 Å². The average molecular weight is 405 g/mol. The van der Waals surface area contributed by atoms with Crippen molar-refractivity contribution in [3.8, 4) is 11.5 Å². The molecule has 2 atom stereocenters. The molecule has 7 heteroatoms. The number of aromatic amines is 1. The number of aromatic nitrogens is 1. The predicted octanol–water partition coefficient (Wildman–Crippen LogP) is 2.89. The number of nitrogens with one attached hydrogen (secondary N) is 3. The Hall–Kier alpha value is -3.48. The van der Waals surface area contributed by atoms with Crippen molar-refractivity contribution in [1.82, 2.24) is 15.8 Å². The first-order chi connectivity index (χ1) is 14.6. The predicted molar refractivity (Wildman–Crippen MR) is 111 cm³/mol. The molecule has 1 aromatic heterocycles. The lowest BCUT2D eigenvalue weighted by Crippen LogP contribution is -2.50. The quantitative estimate of drug-likeness (QED) is 0.572. The largest absolute Gasteiger partial charge is 0.485 e. The molecular weight excluding hydrogens is 382 g/mol. The normalized spacial score (nSPS) is 19.8. The number of hydrazine groups is 1. The number of aryl methyl sites for hydroxylation is 1. The highest BCUT2D eigenvalue weighted by molar-refractivity contribution is 6.07. The van der Waals surface area contributed by atoms with Gasteiger partial charge in [-0.2, -0.15) is 0 Å². The molecule has 7 nitrogen and oxygen atoms in total. The smallest absolute Gasteiger partial charge is 0.283 e. The molecule has 2 aromatic carbocycles. The van der Waals surface area contributed by atoms with Gasteiger partial charge >= 0.3 is 0 Å². The average Bonchev–Trinajstić information content (AvgIpc) is 3.14. The first kappa shape index (κ1) is 18.5. The number of ether oxygens (including phenoxy) is 2. The van der Waals surface area contributed by atoms with Crippen molar-refractivity contribution < 1.29 is 19.1 Å². The van der Waals surface area contributed by atoms with Gasteiger partial charge in [-0.25, -0.2) is 0 Å². The highest BCUT2D eigenvalue weighted by atomic mass is 16.6. The van der Waals surface area contributed by atoms with Crippen LogP contribution in [0, 0.1) is 5.92 Å². The topological polar surface area (TPSA) is 92.5 Å². The van der Waals surface area contributed by atoms with E-state index in [-0.39, 0.29) is 12.5 Å². The molecule has 0 fully saturated rings. The van der Waals surface area contributed by atoms with E-state index in [0.717, 1.165) is 30.2 Å². The van der Waals surface area contributed by atoms with Crippen LogP contribution in [0.15, 0.2) is 42.5 Å². The number of rotatable bonds is 2. The summed E-state index contributed by atoms with van der Waals surface area (Å²) in [5, 5.41) is 1.08. The van der Waals surface area contributed by atoms with Crippen LogP contribution in [0.1, 0.15) is 35.0 Å². The Morgan fingerprint density at radius 1 is 1.07 bits per heavy atom. The second-order valence-electron chi connectivity index (χ2n) is 7.97. The van der Waals surface area contributed by atoms with Crippen molar-refractivity contribution in [2.24, 2.45) is 5.92 Å². The standard InChI is InChI=1S/C23H23N3O4/c1-13-9-10-17-16(11-13)14-5-4-6-15(21(14)24-17)22(27)25-26-23(28)20-12-29-18-7-2-3-8-19(18)30-20/h2-8,13,20,24H,9-12H2,1H3,(H,25,27)(H,26,28). The van der Waals surface area contributed by atoms with Crippen molar-refractivity contribution in [1.29, 1.82) is 0 Å². The van der Waals surface area contributed by atoms with Crippen molar-refractivity contribution >= 4 is 22.7 Å². The van der Waals surface area contributed by atoms with Gasteiger partial charge in [0.25, 0.3) is 11.8 Å². The number of hydrogen-bond acceptors (Lipinski definition) is 4. The number of carbonyl (C=O) groups excluding carboxylic acids is 2. The molecule has 3 aromatic rings. The van der Waals surface area contributed by atoms with Gasteiger partial charge in [0.2, 0.25) is 6.10 Å². The molecule has 2 heterocycles. The minimum absolute atomic E-state index is 0.0792. The van der Waals surface area contributed by atoms with E-state index in [1.807, 2.05) is 24.3 Å². The Bertz CT molecular complexity index is 1140. The maximum absolute atomic E-state index is 12.8. The van der Waals surface area contributed by atoms with Crippen molar-refractivity contribution in [3.05, 3.63) is 59.3 Å². The van der Waals surface area contributed by atoms with E-state index in [0.29, 0.717) is 23.0 Å². The third-order valence-corrected chi connectivity index (χ3v) is 5.81. The highest BCUT2D eigenvalue weighted by Gasteiger charge is 2.28. The first-order valence-electron chi connectivity index (χ1n) is 10.2. The van der Waals surface area contributed by atoms with Crippen LogP contribution in [0.25, 0.3) is 10.9 Å². The van der Waals surface area contributed by atoms with Gasteiger partial charge in [0.1, 0.15) is 6.61 Å². The van der Waals surface area contributed by atoms with Crippen molar-refractivity contribution in [2.45, 2.75) is 32.3 Å². The molecular formula is C23H23N3O4. The molecule has 1 aliphatic carbocycles. The molecule has 3 N–H and O–H groups in total. The molecule has 0 saturated heterocycles. The lowest BCUT2D eigenvalue weighted by Gasteiger charge is -2.25. The molecule has 0 bridgehead atoms. The number of amides is 2. The van der Waals surface area contributed by atoms with E-state index in [1.54, 1.807) is 18.2 Å². The summed E-state index contributed by atoms with van der Waals surface area (Å²) in [5.41, 5.74) is 8.79. The van der Waals surface area contributed by atoms with Crippen LogP contribution in [0.4, 0.5) is 0 Å². The summed E-state index contributed by atoms with van der Waals surface area (Å²) < 4.78 is 11.2. The molecule has 0 saturated carbocycles. The van der Waals surface area contributed by atoms with Gasteiger partial charge in [-0.1, -0.05) is 31.2 Å². The van der Waals surface area contributed by atoms with Crippen LogP contribution < -0.4 is 20.3 Å². The fourth-order valence-corrected chi connectivity index (χ4v) is 4.22. The summed E-state index contributed by atoms with van der Waals surface area (Å²) in [5.74, 6) is 0.895. The van der Waals surface area contributed by atoms with Crippen LogP contribution in [-0.4, -0.2) is 29.5 Å². The molecule has 154 valence electrons. The maximum atomic E-state index is 12.8. The van der Waals surface area contributed by atoms with Crippen LogP contribution in [0.5, 0.6) is 11.5 Å². The van der Waals surface area contributed by atoms with E-state index >= 15 is 0 Å². The van der Waals surface area contributed by atoms with Crippen molar-refractivity contribution in [3.63, 3.8) is 0 Å². The van der Waals surface area contributed by atoms with Gasteiger partial charge in [0.15, 0.2) is 11.5 Å². The van der Waals surface area contributed by atoms with Crippen LogP contribution in [-0.2, 0) is 17.6 Å². The van der Waals surface area contributed by atoms with Crippen LogP contribution in [0.2, 0.25) is 0 Å². The van der Waals surface area contributed by atoms with Gasteiger partial charge in [-0.3, -0.25) is 20.4 Å². The number of hydrogen-bond donors (Lipinski definition) is 3. The number of fused-ring (bicyclic) bond motifs is 4. The third kappa shape index (κ3) is 3.26. The zero-order chi connectivity index (χ0) is 20.7. The van der Waals surface area contributed by atoms with E-state index in [9.17, 15) is 9.59 Å². The van der Waals surface area contributed by atoms with E-state index in [2.05, 4.69) is 22.8 Å². The van der Waals surface area contributed by atoms with E-state index in [4.69, 9.17) is 9.47 Å². The molecule has 2 aliphatic rings. The number of H-pyrrole nitrogens is 1. The zero-order valence-corrected chi connectivity index (χ0v) is 16.7. The second kappa shape index (κ2) is 7.40. The van der Waals surface area contributed by atoms with E-state index in [1.165, 1.54) is 11.3 Å². The Balaban J connectivity index is 1.29. The minimum atomic E-state index is -0.838. The Morgan fingerprint density at radius 2 is 1.90 bits per heavy atom. The van der Waals surface area contributed by atoms with Crippen molar-refractivity contribution in [2.75, 3.05) is 6.61 Å². The molecule has 0 spiro atoms. The lowest BCUT2D eigenvalue weighted by atomic mass is 9.87.